The minimum atomic E-state index is -1.27. The maximum atomic E-state index is 9.98. The Bertz CT molecular complexity index is 330. The van der Waals surface area contributed by atoms with E-state index in [0.717, 1.165) is 5.56 Å². The van der Waals surface area contributed by atoms with E-state index in [0.29, 0.717) is 5.02 Å². The summed E-state index contributed by atoms with van der Waals surface area (Å²) in [6, 6.07) is 7.19. The van der Waals surface area contributed by atoms with Gasteiger partial charge in [0, 0.05) is 5.02 Å². The van der Waals surface area contributed by atoms with Crippen LogP contribution in [0.2, 0.25) is 5.02 Å². The number of hydrogen-bond donors (Lipinski definition) is 1. The van der Waals surface area contributed by atoms with Crippen LogP contribution >= 0.6 is 11.6 Å². The van der Waals surface area contributed by atoms with Crippen LogP contribution in [0, 0.1) is 0 Å². The SMILES string of the molecule is O=C(O)OCC=Cc1ccc(Cl)cc1. The molecule has 0 aromatic heterocycles. The predicted octanol–water partition coefficient (Wildman–Crippen LogP) is 3.05. The molecule has 0 aliphatic rings. The number of halogens is 1. The van der Waals surface area contributed by atoms with Gasteiger partial charge in [0.2, 0.25) is 0 Å². The molecule has 0 spiro atoms. The maximum Gasteiger partial charge on any atom is 0.506 e. The largest absolute Gasteiger partial charge is 0.506 e. The quantitative estimate of drug-likeness (QED) is 0.784. The maximum absolute atomic E-state index is 9.98. The van der Waals surface area contributed by atoms with Crippen molar-refractivity contribution in [2.45, 2.75) is 0 Å². The van der Waals surface area contributed by atoms with Crippen molar-refractivity contribution in [3.8, 4) is 0 Å². The van der Waals surface area contributed by atoms with Crippen LogP contribution in [0.5, 0.6) is 0 Å². The van der Waals surface area contributed by atoms with Gasteiger partial charge in [-0.05, 0) is 23.8 Å². The normalized spacial score (nSPS) is 10.4. The van der Waals surface area contributed by atoms with Crippen molar-refractivity contribution in [1.29, 1.82) is 0 Å². The molecular formula is C10H9ClO3. The lowest BCUT2D eigenvalue weighted by Crippen LogP contribution is -1.98. The van der Waals surface area contributed by atoms with Crippen LogP contribution in [0.1, 0.15) is 5.56 Å². The Balaban J connectivity index is 2.44. The third-order valence-corrected chi connectivity index (χ3v) is 1.74. The van der Waals surface area contributed by atoms with Gasteiger partial charge in [0.05, 0.1) is 0 Å². The average Bonchev–Trinajstić information content (AvgIpc) is 2.15. The molecule has 0 unspecified atom stereocenters. The first-order valence-electron chi connectivity index (χ1n) is 3.96. The standard InChI is InChI=1S/C10H9ClO3/c11-9-5-3-8(4-6-9)2-1-7-14-10(12)13/h1-6H,7H2,(H,12,13). The summed E-state index contributed by atoms with van der Waals surface area (Å²) in [6.07, 6.45) is 2.11. The molecule has 0 fully saturated rings. The molecule has 4 heteroatoms. The summed E-state index contributed by atoms with van der Waals surface area (Å²) in [5.74, 6) is 0. The molecule has 1 aromatic rings. The van der Waals surface area contributed by atoms with Crippen molar-refractivity contribution in [2.24, 2.45) is 0 Å². The van der Waals surface area contributed by atoms with E-state index in [-0.39, 0.29) is 6.61 Å². The highest BCUT2D eigenvalue weighted by atomic mass is 35.5. The van der Waals surface area contributed by atoms with E-state index in [4.69, 9.17) is 16.7 Å². The first-order chi connectivity index (χ1) is 6.68. The highest BCUT2D eigenvalue weighted by Gasteiger charge is 1.91. The zero-order chi connectivity index (χ0) is 10.4. The summed E-state index contributed by atoms with van der Waals surface area (Å²) >= 11 is 5.69. The second kappa shape index (κ2) is 5.29. The fourth-order valence-electron chi connectivity index (χ4n) is 0.877. The van der Waals surface area contributed by atoms with Crippen LogP contribution in [-0.2, 0) is 4.74 Å². The first kappa shape index (κ1) is 10.6. The summed E-state index contributed by atoms with van der Waals surface area (Å²) in [7, 11) is 0. The molecule has 74 valence electrons. The van der Waals surface area contributed by atoms with Gasteiger partial charge in [0.1, 0.15) is 6.61 Å². The Hall–Kier alpha value is -1.48. The second-order valence-corrected chi connectivity index (χ2v) is 2.97. The molecule has 0 heterocycles. The van der Waals surface area contributed by atoms with Gasteiger partial charge in [-0.1, -0.05) is 29.8 Å². The highest BCUT2D eigenvalue weighted by molar-refractivity contribution is 6.30. The van der Waals surface area contributed by atoms with Gasteiger partial charge < -0.3 is 9.84 Å². The summed E-state index contributed by atoms with van der Waals surface area (Å²) in [6.45, 7) is 0.0535. The van der Waals surface area contributed by atoms with Crippen LogP contribution in [0.25, 0.3) is 6.08 Å². The van der Waals surface area contributed by atoms with E-state index < -0.39 is 6.16 Å². The molecule has 0 aliphatic heterocycles. The molecule has 1 aromatic carbocycles. The van der Waals surface area contributed by atoms with Crippen molar-refractivity contribution in [2.75, 3.05) is 6.61 Å². The minimum absolute atomic E-state index is 0.0535. The monoisotopic (exact) mass is 212 g/mol. The van der Waals surface area contributed by atoms with E-state index in [1.807, 2.05) is 12.1 Å². The summed E-state index contributed by atoms with van der Waals surface area (Å²) in [5.41, 5.74) is 0.948. The summed E-state index contributed by atoms with van der Waals surface area (Å²) < 4.78 is 4.29. The van der Waals surface area contributed by atoms with Gasteiger partial charge in [0.25, 0.3) is 0 Å². The average molecular weight is 213 g/mol. The fourth-order valence-corrected chi connectivity index (χ4v) is 1.00. The van der Waals surface area contributed by atoms with Crippen LogP contribution < -0.4 is 0 Å². The van der Waals surface area contributed by atoms with Crippen molar-refractivity contribution < 1.29 is 14.6 Å². The minimum Gasteiger partial charge on any atom is -0.450 e. The van der Waals surface area contributed by atoms with E-state index >= 15 is 0 Å². The fraction of sp³-hybridized carbons (Fsp3) is 0.100. The van der Waals surface area contributed by atoms with Crippen molar-refractivity contribution in [3.05, 3.63) is 40.9 Å². The Labute approximate surface area is 86.6 Å². The lowest BCUT2D eigenvalue weighted by atomic mass is 10.2. The molecule has 0 amide bonds. The molecule has 1 N–H and O–H groups in total. The Morgan fingerprint density at radius 2 is 2.07 bits per heavy atom. The molecule has 0 atom stereocenters. The molecule has 3 nitrogen and oxygen atoms in total. The number of carbonyl (C=O) groups is 1. The molecule has 0 bridgehead atoms. The lowest BCUT2D eigenvalue weighted by molar-refractivity contribution is 0.102. The molecule has 1 rings (SSSR count). The molecule has 0 saturated heterocycles. The number of ether oxygens (including phenoxy) is 1. The van der Waals surface area contributed by atoms with Crippen LogP contribution in [0.4, 0.5) is 4.79 Å². The van der Waals surface area contributed by atoms with E-state index in [2.05, 4.69) is 4.74 Å². The smallest absolute Gasteiger partial charge is 0.450 e. The van der Waals surface area contributed by atoms with Gasteiger partial charge in [-0.25, -0.2) is 4.79 Å². The van der Waals surface area contributed by atoms with E-state index in [9.17, 15) is 4.79 Å². The van der Waals surface area contributed by atoms with Crippen molar-refractivity contribution >= 4 is 23.8 Å². The summed E-state index contributed by atoms with van der Waals surface area (Å²) in [4.78, 5) is 9.98. The second-order valence-electron chi connectivity index (χ2n) is 2.53. The first-order valence-corrected chi connectivity index (χ1v) is 4.34. The molecule has 0 aliphatic carbocycles. The summed E-state index contributed by atoms with van der Waals surface area (Å²) in [5, 5.41) is 8.84. The van der Waals surface area contributed by atoms with Crippen LogP contribution in [-0.4, -0.2) is 17.9 Å². The number of benzene rings is 1. The zero-order valence-electron chi connectivity index (χ0n) is 7.31. The predicted molar refractivity (Wildman–Crippen MR) is 54.5 cm³/mol. The van der Waals surface area contributed by atoms with E-state index in [1.54, 1.807) is 24.3 Å². The van der Waals surface area contributed by atoms with Gasteiger partial charge in [-0.3, -0.25) is 0 Å². The molecule has 0 radical (unpaired) electrons. The number of rotatable bonds is 3. The van der Waals surface area contributed by atoms with Crippen LogP contribution in [0.15, 0.2) is 30.3 Å². The Morgan fingerprint density at radius 3 is 2.64 bits per heavy atom. The number of carboxylic acid groups (broad SMARTS) is 1. The molecular weight excluding hydrogens is 204 g/mol. The topological polar surface area (TPSA) is 46.5 Å². The van der Waals surface area contributed by atoms with E-state index in [1.165, 1.54) is 0 Å². The molecule has 0 saturated carbocycles. The Kier molecular flexibility index (Phi) is 4.01. The third kappa shape index (κ3) is 3.96. The van der Waals surface area contributed by atoms with Gasteiger partial charge >= 0.3 is 6.16 Å². The van der Waals surface area contributed by atoms with Crippen LogP contribution in [0.3, 0.4) is 0 Å². The van der Waals surface area contributed by atoms with Gasteiger partial charge in [-0.15, -0.1) is 0 Å². The third-order valence-electron chi connectivity index (χ3n) is 1.48. The highest BCUT2D eigenvalue weighted by Crippen LogP contribution is 2.10. The van der Waals surface area contributed by atoms with Gasteiger partial charge in [0.15, 0.2) is 0 Å². The number of hydrogen-bond acceptors (Lipinski definition) is 2. The lowest BCUT2D eigenvalue weighted by Gasteiger charge is -1.94. The Morgan fingerprint density at radius 1 is 1.43 bits per heavy atom. The van der Waals surface area contributed by atoms with Crippen molar-refractivity contribution in [3.63, 3.8) is 0 Å². The van der Waals surface area contributed by atoms with Gasteiger partial charge in [-0.2, -0.15) is 0 Å². The van der Waals surface area contributed by atoms with Crippen molar-refractivity contribution in [1.82, 2.24) is 0 Å². The zero-order valence-corrected chi connectivity index (χ0v) is 8.07. The molecule has 14 heavy (non-hydrogen) atoms.